The number of rotatable bonds is 10. The van der Waals surface area contributed by atoms with Crippen molar-refractivity contribution in [2.45, 2.75) is 39.9 Å². The van der Waals surface area contributed by atoms with Crippen molar-refractivity contribution < 1.29 is 9.47 Å². The van der Waals surface area contributed by atoms with Crippen LogP contribution >= 0.6 is 0 Å². The van der Waals surface area contributed by atoms with Crippen molar-refractivity contribution in [3.8, 4) is 5.75 Å². The zero-order chi connectivity index (χ0) is 15.7. The molecule has 0 saturated carbocycles. The van der Waals surface area contributed by atoms with Crippen LogP contribution in [0, 0.1) is 0 Å². The van der Waals surface area contributed by atoms with Crippen LogP contribution in [0.1, 0.15) is 31.9 Å². The molecule has 1 aromatic rings. The van der Waals surface area contributed by atoms with Gasteiger partial charge in [0, 0.05) is 37.8 Å². The molecule has 4 heteroatoms. The van der Waals surface area contributed by atoms with Crippen molar-refractivity contribution in [3.63, 3.8) is 0 Å². The maximum Gasteiger partial charge on any atom is 0.123 e. The minimum absolute atomic E-state index is 0.490. The summed E-state index contributed by atoms with van der Waals surface area (Å²) in [5.41, 5.74) is 2.51. The molecule has 0 atom stereocenters. The lowest BCUT2D eigenvalue weighted by molar-refractivity contribution is 0.120. The lowest BCUT2D eigenvalue weighted by Crippen LogP contribution is -2.24. The van der Waals surface area contributed by atoms with Gasteiger partial charge in [0.2, 0.25) is 0 Å². The molecule has 0 aliphatic carbocycles. The lowest BCUT2D eigenvalue weighted by Gasteiger charge is -2.19. The Morgan fingerprint density at radius 1 is 1.29 bits per heavy atom. The predicted molar refractivity (Wildman–Crippen MR) is 87.8 cm³/mol. The van der Waals surface area contributed by atoms with Crippen LogP contribution in [0.5, 0.6) is 5.75 Å². The van der Waals surface area contributed by atoms with Crippen molar-refractivity contribution in [1.82, 2.24) is 10.2 Å². The maximum absolute atomic E-state index is 5.47. The number of hydrogen-bond acceptors (Lipinski definition) is 4. The number of methoxy groups -OCH3 is 1. The average Bonchev–Trinajstić information content (AvgIpc) is 2.45. The molecule has 1 aromatic carbocycles. The molecular weight excluding hydrogens is 264 g/mol. The van der Waals surface area contributed by atoms with Crippen LogP contribution in [-0.2, 0) is 17.8 Å². The van der Waals surface area contributed by atoms with Crippen LogP contribution in [0.25, 0.3) is 0 Å². The smallest absolute Gasteiger partial charge is 0.123 e. The predicted octanol–water partition coefficient (Wildman–Crippen LogP) is 2.66. The van der Waals surface area contributed by atoms with E-state index in [9.17, 15) is 0 Å². The molecule has 0 aliphatic heterocycles. The fraction of sp³-hybridized carbons (Fsp3) is 0.647. The van der Waals surface area contributed by atoms with Gasteiger partial charge in [-0.05, 0) is 31.7 Å². The van der Waals surface area contributed by atoms with Crippen LogP contribution in [0.15, 0.2) is 18.2 Å². The van der Waals surface area contributed by atoms with Gasteiger partial charge in [-0.15, -0.1) is 0 Å². The van der Waals surface area contributed by atoms with Gasteiger partial charge in [-0.3, -0.25) is 4.90 Å². The molecule has 0 unspecified atom stereocenters. The van der Waals surface area contributed by atoms with Gasteiger partial charge in [0.25, 0.3) is 0 Å². The number of nitrogens with one attached hydrogen (secondary N) is 1. The second kappa shape index (κ2) is 9.77. The monoisotopic (exact) mass is 294 g/mol. The molecule has 0 spiro atoms. The van der Waals surface area contributed by atoms with Crippen molar-refractivity contribution in [2.24, 2.45) is 0 Å². The van der Waals surface area contributed by atoms with Gasteiger partial charge < -0.3 is 14.8 Å². The van der Waals surface area contributed by atoms with Crippen LogP contribution in [0.4, 0.5) is 0 Å². The molecule has 0 aliphatic rings. The van der Waals surface area contributed by atoms with E-state index in [0.717, 1.165) is 38.6 Å². The van der Waals surface area contributed by atoms with Crippen LogP contribution in [-0.4, -0.2) is 44.9 Å². The van der Waals surface area contributed by atoms with Gasteiger partial charge in [0.15, 0.2) is 0 Å². The summed E-state index contributed by atoms with van der Waals surface area (Å²) in [5, 5.41) is 3.45. The van der Waals surface area contributed by atoms with Gasteiger partial charge in [0.1, 0.15) is 5.75 Å². The summed E-state index contributed by atoms with van der Waals surface area (Å²) in [7, 11) is 3.84. The average molecular weight is 294 g/mol. The summed E-state index contributed by atoms with van der Waals surface area (Å²) >= 11 is 0. The third-order valence-corrected chi connectivity index (χ3v) is 3.32. The first-order chi connectivity index (χ1) is 10.1. The molecule has 0 aromatic heterocycles. The van der Waals surface area contributed by atoms with Crippen LogP contribution < -0.4 is 10.1 Å². The second-order valence-corrected chi connectivity index (χ2v) is 5.62. The van der Waals surface area contributed by atoms with E-state index in [2.05, 4.69) is 49.3 Å². The summed E-state index contributed by atoms with van der Waals surface area (Å²) < 4.78 is 10.9. The first-order valence-electron chi connectivity index (χ1n) is 7.72. The minimum Gasteiger partial charge on any atom is -0.496 e. The topological polar surface area (TPSA) is 33.7 Å². The van der Waals surface area contributed by atoms with E-state index >= 15 is 0 Å². The molecule has 0 amide bonds. The standard InChI is InChI=1S/C17H30N2O2/c1-6-21-10-9-19(4)13-16-11-15(12-18-14(2)3)7-8-17(16)20-5/h7-8,11,14,18H,6,9-10,12-13H2,1-5H3. The second-order valence-electron chi connectivity index (χ2n) is 5.62. The summed E-state index contributed by atoms with van der Waals surface area (Å²) in [6.45, 7) is 10.6. The van der Waals surface area contributed by atoms with Crippen LogP contribution in [0.3, 0.4) is 0 Å². The van der Waals surface area contributed by atoms with Crippen molar-refractivity contribution in [2.75, 3.05) is 33.9 Å². The van der Waals surface area contributed by atoms with Gasteiger partial charge in [-0.2, -0.15) is 0 Å². The number of ether oxygens (including phenoxy) is 2. The molecule has 21 heavy (non-hydrogen) atoms. The fourth-order valence-corrected chi connectivity index (χ4v) is 2.12. The summed E-state index contributed by atoms with van der Waals surface area (Å²) in [6.07, 6.45) is 0. The van der Waals surface area contributed by atoms with Gasteiger partial charge in [-0.1, -0.05) is 19.9 Å². The van der Waals surface area contributed by atoms with Gasteiger partial charge in [0.05, 0.1) is 13.7 Å². The third-order valence-electron chi connectivity index (χ3n) is 3.32. The van der Waals surface area contributed by atoms with Crippen LogP contribution in [0.2, 0.25) is 0 Å². The molecule has 1 N–H and O–H groups in total. The number of hydrogen-bond donors (Lipinski definition) is 1. The normalized spacial score (nSPS) is 11.4. The fourth-order valence-electron chi connectivity index (χ4n) is 2.12. The molecule has 120 valence electrons. The Morgan fingerprint density at radius 3 is 2.67 bits per heavy atom. The Labute approximate surface area is 129 Å². The number of benzene rings is 1. The molecule has 0 saturated heterocycles. The summed E-state index contributed by atoms with van der Waals surface area (Å²) in [5.74, 6) is 0.951. The Bertz CT molecular complexity index is 408. The third kappa shape index (κ3) is 6.93. The molecule has 0 radical (unpaired) electrons. The summed E-state index contributed by atoms with van der Waals surface area (Å²) in [6, 6.07) is 6.90. The zero-order valence-electron chi connectivity index (χ0n) is 14.1. The van der Waals surface area contributed by atoms with E-state index in [1.807, 2.05) is 6.92 Å². The van der Waals surface area contributed by atoms with Crippen molar-refractivity contribution in [1.29, 1.82) is 0 Å². The Hall–Kier alpha value is -1.10. The quantitative estimate of drug-likeness (QED) is 0.673. The maximum atomic E-state index is 5.47. The number of nitrogens with zero attached hydrogens (tertiary/aromatic N) is 1. The Kier molecular flexibility index (Phi) is 8.35. The van der Waals surface area contributed by atoms with E-state index in [1.165, 1.54) is 11.1 Å². The van der Waals surface area contributed by atoms with E-state index in [4.69, 9.17) is 9.47 Å². The van der Waals surface area contributed by atoms with Gasteiger partial charge in [-0.25, -0.2) is 0 Å². The highest BCUT2D eigenvalue weighted by Crippen LogP contribution is 2.21. The highest BCUT2D eigenvalue weighted by molar-refractivity contribution is 5.37. The van der Waals surface area contributed by atoms with E-state index < -0.39 is 0 Å². The molecule has 4 nitrogen and oxygen atoms in total. The Morgan fingerprint density at radius 2 is 2.05 bits per heavy atom. The molecule has 0 bridgehead atoms. The number of likely N-dealkylation sites (N-methyl/N-ethyl adjacent to an activating group) is 1. The van der Waals surface area contributed by atoms with E-state index in [1.54, 1.807) is 7.11 Å². The summed E-state index contributed by atoms with van der Waals surface area (Å²) in [4.78, 5) is 2.26. The largest absolute Gasteiger partial charge is 0.496 e. The zero-order valence-corrected chi connectivity index (χ0v) is 14.1. The Balaban J connectivity index is 2.66. The minimum atomic E-state index is 0.490. The molecule has 0 heterocycles. The molecule has 1 rings (SSSR count). The molecular formula is C17H30N2O2. The van der Waals surface area contributed by atoms with Gasteiger partial charge >= 0.3 is 0 Å². The van der Waals surface area contributed by atoms with Crippen molar-refractivity contribution in [3.05, 3.63) is 29.3 Å². The van der Waals surface area contributed by atoms with E-state index in [-0.39, 0.29) is 0 Å². The van der Waals surface area contributed by atoms with E-state index in [0.29, 0.717) is 6.04 Å². The highest BCUT2D eigenvalue weighted by atomic mass is 16.5. The first-order valence-corrected chi connectivity index (χ1v) is 7.72. The van der Waals surface area contributed by atoms with Crippen molar-refractivity contribution >= 4 is 0 Å². The molecule has 0 fully saturated rings. The lowest BCUT2D eigenvalue weighted by atomic mass is 10.1. The first kappa shape index (κ1) is 18.0. The highest BCUT2D eigenvalue weighted by Gasteiger charge is 2.08. The SMILES string of the molecule is CCOCCN(C)Cc1cc(CNC(C)C)ccc1OC.